The Morgan fingerprint density at radius 1 is 0.267 bits per heavy atom. The Morgan fingerprint density at radius 2 is 0.467 bits per heavy atom. The van der Waals surface area contributed by atoms with Gasteiger partial charge < -0.3 is 42.5 Å². The maximum Gasteiger partial charge on any atom is 0.251 e. The minimum absolute atomic E-state index is 0.200. The molecule has 4 bridgehead atoms. The van der Waals surface area contributed by atoms with Gasteiger partial charge in [0, 0.05) is 74.6 Å². The molecular formula is C74H80N8O8. The third-order valence-electron chi connectivity index (χ3n) is 15.2. The summed E-state index contributed by atoms with van der Waals surface area (Å²) >= 11 is 0. The molecular weight excluding hydrogens is 1130 g/mol. The van der Waals surface area contributed by atoms with Crippen LogP contribution in [0.5, 0.6) is 0 Å². The number of nitrogens with one attached hydrogen (secondary N) is 8. The fraction of sp³-hybridized carbons (Fsp3) is 0.243. The van der Waals surface area contributed by atoms with Crippen molar-refractivity contribution in [1.82, 2.24) is 42.5 Å². The Morgan fingerprint density at radius 3 is 0.667 bits per heavy atom. The van der Waals surface area contributed by atoms with Crippen molar-refractivity contribution in [3.8, 4) is 0 Å². The number of amides is 8. The lowest BCUT2D eigenvalue weighted by Crippen LogP contribution is -2.58. The molecule has 8 aromatic carbocycles. The van der Waals surface area contributed by atoms with Crippen LogP contribution in [0.25, 0.3) is 0 Å². The van der Waals surface area contributed by atoms with Crippen molar-refractivity contribution < 1.29 is 38.4 Å². The highest BCUT2D eigenvalue weighted by Gasteiger charge is 2.55. The zero-order valence-corrected chi connectivity index (χ0v) is 52.4. The van der Waals surface area contributed by atoms with Crippen molar-refractivity contribution >= 4 is 47.3 Å². The highest BCUT2D eigenvalue weighted by Crippen LogP contribution is 2.43. The monoisotopic (exact) mass is 1210 g/mol. The van der Waals surface area contributed by atoms with Gasteiger partial charge in [0.2, 0.25) is 23.6 Å². The van der Waals surface area contributed by atoms with Crippen LogP contribution in [0.1, 0.15) is 136 Å². The van der Waals surface area contributed by atoms with E-state index in [1.807, 2.05) is 125 Å². The van der Waals surface area contributed by atoms with Crippen molar-refractivity contribution in [2.45, 2.75) is 92.4 Å². The van der Waals surface area contributed by atoms with Gasteiger partial charge in [0.15, 0.2) is 10.8 Å². The smallest absolute Gasteiger partial charge is 0.251 e. The average Bonchev–Trinajstić information content (AvgIpc) is 0.793. The van der Waals surface area contributed by atoms with E-state index in [-0.39, 0.29) is 23.6 Å². The molecule has 0 heterocycles. The standard InChI is InChI=1S/C26H32N4O4.2C24H24N2O2/c1-5-27-21(31)25(22(32)28-6-2)17-11-9-13-19(15-17)26(23(33)29-7-3,24(34)30-8-4)20-14-10-12-18(25)16-20;2*1-17-6-10-19(11-7-17)15-25-23(27)21-4-3-5-22(14-21)24(28)26-16-20-12-8-18(2)9-13-20/h9-16H,5-8H2,1-4H3,(H,27,31)(H,28,32)(H,29,33)(H,30,34);2*3-14H,15-16H2,1-2H3,(H,25,27)(H,26,28). The van der Waals surface area contributed by atoms with Gasteiger partial charge in [-0.1, -0.05) is 180 Å². The number of aryl methyl sites for hydroxylation is 4. The maximum atomic E-state index is 13.6. The second kappa shape index (κ2) is 32.0. The van der Waals surface area contributed by atoms with Crippen LogP contribution in [0.15, 0.2) is 194 Å². The zero-order valence-electron chi connectivity index (χ0n) is 52.4. The van der Waals surface area contributed by atoms with E-state index in [4.69, 9.17) is 0 Å². The van der Waals surface area contributed by atoms with Crippen LogP contribution >= 0.6 is 0 Å². The van der Waals surface area contributed by atoms with Gasteiger partial charge in [0.05, 0.1) is 0 Å². The number of hydrogen-bond donors (Lipinski definition) is 8. The Hall–Kier alpha value is -10.5. The van der Waals surface area contributed by atoms with Gasteiger partial charge in [-0.25, -0.2) is 0 Å². The summed E-state index contributed by atoms with van der Waals surface area (Å²) in [5, 5.41) is 22.8. The predicted molar refractivity (Wildman–Crippen MR) is 351 cm³/mol. The summed E-state index contributed by atoms with van der Waals surface area (Å²) in [6.07, 6.45) is 0. The number of carbonyl (C=O) groups is 8. The molecule has 0 saturated heterocycles. The van der Waals surface area contributed by atoms with Crippen LogP contribution in [-0.4, -0.2) is 73.4 Å². The van der Waals surface area contributed by atoms with Gasteiger partial charge in [0.25, 0.3) is 23.6 Å². The molecule has 0 saturated carbocycles. The molecule has 0 aromatic heterocycles. The summed E-state index contributed by atoms with van der Waals surface area (Å²) in [5.74, 6) is -2.69. The van der Waals surface area contributed by atoms with Gasteiger partial charge in [-0.15, -0.1) is 0 Å². The molecule has 16 heteroatoms. The fourth-order valence-electron chi connectivity index (χ4n) is 10.3. The second-order valence-corrected chi connectivity index (χ2v) is 21.9. The molecule has 0 unspecified atom stereocenters. The fourth-order valence-corrected chi connectivity index (χ4v) is 10.3. The molecule has 1 aliphatic rings. The molecule has 16 nitrogen and oxygen atoms in total. The van der Waals surface area contributed by atoms with Crippen LogP contribution in [0.4, 0.5) is 0 Å². The van der Waals surface area contributed by atoms with Gasteiger partial charge >= 0.3 is 0 Å². The Balaban J connectivity index is 0.000000193. The SMILES string of the molecule is CCNC(=O)C1(C(=O)NCC)c2cccc(c2)C(C(=O)NCC)(C(=O)NCC)c2cccc1c2.Cc1ccc(CNC(=O)c2cccc(C(=O)NCc3ccc(C)cc3)c2)cc1.Cc1ccc(CNC(=O)c2cccc(C(=O)NCc3ccc(C)cc3)c2)cc1. The normalized spacial score (nSPS) is 12.0. The number of carbonyl (C=O) groups excluding carboxylic acids is 8. The van der Waals surface area contributed by atoms with E-state index in [1.165, 1.54) is 22.3 Å². The van der Waals surface area contributed by atoms with E-state index in [9.17, 15) is 38.4 Å². The Bertz CT molecular complexity index is 3340. The summed E-state index contributed by atoms with van der Waals surface area (Å²) in [6, 6.07) is 58.9. The van der Waals surface area contributed by atoms with Crippen molar-refractivity contribution in [2.24, 2.45) is 0 Å². The van der Waals surface area contributed by atoms with Gasteiger partial charge in [-0.05, 0) is 136 Å². The van der Waals surface area contributed by atoms with E-state index in [1.54, 1.807) is 125 Å². The van der Waals surface area contributed by atoms with Crippen molar-refractivity contribution in [1.29, 1.82) is 0 Å². The van der Waals surface area contributed by atoms with Crippen molar-refractivity contribution in [2.75, 3.05) is 26.2 Å². The zero-order chi connectivity index (χ0) is 64.8. The summed E-state index contributed by atoms with van der Waals surface area (Å²) in [5.41, 5.74) is 8.89. The van der Waals surface area contributed by atoms with Crippen LogP contribution in [0.2, 0.25) is 0 Å². The second-order valence-electron chi connectivity index (χ2n) is 21.9. The molecule has 1 aliphatic carbocycles. The van der Waals surface area contributed by atoms with Crippen LogP contribution in [0.3, 0.4) is 0 Å². The van der Waals surface area contributed by atoms with E-state index < -0.39 is 34.5 Å². The molecule has 90 heavy (non-hydrogen) atoms. The molecule has 9 rings (SSSR count). The van der Waals surface area contributed by atoms with Gasteiger partial charge in [0.1, 0.15) is 0 Å². The van der Waals surface area contributed by atoms with Gasteiger partial charge in [-0.2, -0.15) is 0 Å². The molecule has 8 amide bonds. The molecule has 0 radical (unpaired) electrons. The first-order chi connectivity index (χ1) is 43.4. The lowest BCUT2D eigenvalue weighted by Gasteiger charge is -2.38. The first-order valence-corrected chi connectivity index (χ1v) is 30.3. The molecule has 8 aromatic rings. The minimum atomic E-state index is -1.69. The minimum Gasteiger partial charge on any atom is -0.355 e. The van der Waals surface area contributed by atoms with Gasteiger partial charge in [-0.3, -0.25) is 38.4 Å². The number of hydrogen-bond acceptors (Lipinski definition) is 8. The first-order valence-electron chi connectivity index (χ1n) is 30.3. The molecule has 0 fully saturated rings. The molecule has 0 spiro atoms. The van der Waals surface area contributed by atoms with E-state index >= 15 is 0 Å². The largest absolute Gasteiger partial charge is 0.355 e. The van der Waals surface area contributed by atoms with Crippen LogP contribution in [-0.2, 0) is 56.2 Å². The third-order valence-corrected chi connectivity index (χ3v) is 15.2. The molecule has 8 N–H and O–H groups in total. The average molecular weight is 1210 g/mol. The number of likely N-dealkylation sites (N-methyl/N-ethyl adjacent to an activating group) is 4. The highest BCUT2D eigenvalue weighted by molar-refractivity contribution is 6.17. The first kappa shape index (κ1) is 67.0. The Kier molecular flexibility index (Phi) is 23.8. The lowest BCUT2D eigenvalue weighted by atomic mass is 9.64. The summed E-state index contributed by atoms with van der Waals surface area (Å²) in [4.78, 5) is 104. The van der Waals surface area contributed by atoms with E-state index in [0.717, 1.165) is 22.3 Å². The van der Waals surface area contributed by atoms with Crippen molar-refractivity contribution in [3.05, 3.63) is 283 Å². The predicted octanol–water partition coefficient (Wildman–Crippen LogP) is 9.44. The molecule has 464 valence electrons. The van der Waals surface area contributed by atoms with Crippen molar-refractivity contribution in [3.63, 3.8) is 0 Å². The number of benzene rings is 8. The lowest BCUT2D eigenvalue weighted by molar-refractivity contribution is -0.136. The topological polar surface area (TPSA) is 233 Å². The number of rotatable bonds is 20. The Labute approximate surface area is 527 Å². The highest BCUT2D eigenvalue weighted by atomic mass is 16.2. The number of fused-ring (bicyclic) bond motifs is 4. The third kappa shape index (κ3) is 16.6. The molecule has 0 aliphatic heterocycles. The summed E-state index contributed by atoms with van der Waals surface area (Å²) < 4.78 is 0. The van der Waals surface area contributed by atoms with E-state index in [2.05, 4.69) is 42.5 Å². The molecule has 0 atom stereocenters. The quantitative estimate of drug-likeness (QED) is 0.0342. The van der Waals surface area contributed by atoms with Crippen LogP contribution < -0.4 is 42.5 Å². The summed E-state index contributed by atoms with van der Waals surface area (Å²) in [6.45, 7) is 18.4. The van der Waals surface area contributed by atoms with Crippen LogP contribution in [0, 0.1) is 27.7 Å². The van der Waals surface area contributed by atoms with E-state index in [0.29, 0.717) is 96.9 Å². The summed E-state index contributed by atoms with van der Waals surface area (Å²) in [7, 11) is 0. The maximum absolute atomic E-state index is 13.6.